The Balaban J connectivity index is 1.47. The first-order chi connectivity index (χ1) is 19.0. The molecule has 0 aliphatic carbocycles. The lowest BCUT2D eigenvalue weighted by atomic mass is 10.1. The van der Waals surface area contributed by atoms with Gasteiger partial charge in [0.25, 0.3) is 5.69 Å². The highest BCUT2D eigenvalue weighted by Gasteiger charge is 2.14. The van der Waals surface area contributed by atoms with E-state index in [2.05, 4.69) is 10.5 Å². The summed E-state index contributed by atoms with van der Waals surface area (Å²) in [6.45, 7) is 0.615. The molecule has 0 aliphatic rings. The number of anilines is 1. The number of nitrogens with zero attached hydrogens (tertiary/aromatic N) is 2. The third-order valence-electron chi connectivity index (χ3n) is 5.77. The van der Waals surface area contributed by atoms with Gasteiger partial charge in [-0.25, -0.2) is 4.79 Å². The van der Waals surface area contributed by atoms with Crippen molar-refractivity contribution in [1.29, 1.82) is 0 Å². The average Bonchev–Trinajstić information content (AvgIpc) is 2.96. The highest BCUT2D eigenvalue weighted by atomic mass is 16.6. The molecule has 0 bridgehead atoms. The van der Waals surface area contributed by atoms with E-state index in [-0.39, 0.29) is 17.9 Å². The minimum Gasteiger partial charge on any atom is -0.489 e. The quantitative estimate of drug-likeness (QED) is 0.0991. The van der Waals surface area contributed by atoms with Crippen molar-refractivity contribution in [2.75, 3.05) is 5.43 Å². The number of nitrogens with one attached hydrogen (secondary N) is 1. The maximum Gasteiger partial charge on any atom is 0.336 e. The lowest BCUT2D eigenvalue weighted by Gasteiger charge is -2.14. The van der Waals surface area contributed by atoms with E-state index in [0.29, 0.717) is 34.7 Å². The van der Waals surface area contributed by atoms with Crippen LogP contribution in [-0.2, 0) is 13.2 Å². The molecule has 0 aliphatic heterocycles. The molecule has 5 rings (SSSR count). The van der Waals surface area contributed by atoms with E-state index in [1.165, 1.54) is 36.5 Å². The van der Waals surface area contributed by atoms with Gasteiger partial charge in [0.15, 0.2) is 0 Å². The van der Waals surface area contributed by atoms with Crippen LogP contribution in [0.15, 0.2) is 117 Å². The molecule has 39 heavy (non-hydrogen) atoms. The standard InChI is InChI=1S/C30H23N3O6/c34-29-15-23(18-31-32-24-11-13-25(14-12-24)33(35)36)30-27(38-20-22-9-5-2-6-10-22)16-26(17-28(30)39-29)37-19-21-7-3-1-4-8-21/h1-18,32H,19-20H2/b31-18-. The van der Waals surface area contributed by atoms with Crippen LogP contribution in [0.5, 0.6) is 11.5 Å². The fourth-order valence-corrected chi connectivity index (χ4v) is 3.88. The molecule has 0 saturated carbocycles. The molecule has 9 nitrogen and oxygen atoms in total. The summed E-state index contributed by atoms with van der Waals surface area (Å²) < 4.78 is 17.7. The molecule has 194 valence electrons. The first-order valence-electron chi connectivity index (χ1n) is 12.0. The molecule has 5 aromatic rings. The van der Waals surface area contributed by atoms with Gasteiger partial charge in [-0.1, -0.05) is 60.7 Å². The van der Waals surface area contributed by atoms with E-state index in [1.807, 2.05) is 60.7 Å². The van der Waals surface area contributed by atoms with E-state index < -0.39 is 10.5 Å². The summed E-state index contributed by atoms with van der Waals surface area (Å²) in [5.74, 6) is 0.940. The monoisotopic (exact) mass is 521 g/mol. The number of non-ortho nitro benzene ring substituents is 1. The number of nitro benzene ring substituents is 1. The highest BCUT2D eigenvalue weighted by Crippen LogP contribution is 2.34. The molecule has 1 aromatic heterocycles. The van der Waals surface area contributed by atoms with Crippen LogP contribution >= 0.6 is 0 Å². The summed E-state index contributed by atoms with van der Waals surface area (Å²) in [4.78, 5) is 22.8. The van der Waals surface area contributed by atoms with Gasteiger partial charge in [-0.3, -0.25) is 15.5 Å². The van der Waals surface area contributed by atoms with Gasteiger partial charge in [0.05, 0.1) is 22.2 Å². The number of hydrogen-bond donors (Lipinski definition) is 1. The fourth-order valence-electron chi connectivity index (χ4n) is 3.88. The summed E-state index contributed by atoms with van der Waals surface area (Å²) in [5, 5.41) is 15.6. The molecule has 0 radical (unpaired) electrons. The van der Waals surface area contributed by atoms with Crippen LogP contribution in [0.25, 0.3) is 11.0 Å². The first kappa shape index (κ1) is 25.2. The maximum absolute atomic E-state index is 12.4. The molecular weight excluding hydrogens is 498 g/mol. The summed E-state index contributed by atoms with van der Waals surface area (Å²) in [7, 11) is 0. The second kappa shape index (κ2) is 11.7. The highest BCUT2D eigenvalue weighted by molar-refractivity contribution is 6.01. The van der Waals surface area contributed by atoms with Crippen molar-refractivity contribution in [2.24, 2.45) is 5.10 Å². The van der Waals surface area contributed by atoms with Crippen molar-refractivity contribution >= 4 is 28.6 Å². The Kier molecular flexibility index (Phi) is 7.59. The van der Waals surface area contributed by atoms with Gasteiger partial charge >= 0.3 is 5.63 Å². The molecule has 0 spiro atoms. The fraction of sp³-hybridized carbons (Fsp3) is 0.0667. The molecule has 9 heteroatoms. The Morgan fingerprint density at radius 2 is 1.49 bits per heavy atom. The SMILES string of the molecule is O=c1cc(/C=N\Nc2ccc([N+](=O)[O-])cc2)c2c(OCc3ccccc3)cc(OCc3ccccc3)cc2o1. The zero-order valence-electron chi connectivity index (χ0n) is 20.7. The molecular formula is C30H23N3O6. The molecule has 0 amide bonds. The van der Waals surface area contributed by atoms with E-state index in [0.717, 1.165) is 11.1 Å². The average molecular weight is 522 g/mol. The summed E-state index contributed by atoms with van der Waals surface area (Å²) in [5.41, 5.74) is 5.48. The zero-order valence-corrected chi connectivity index (χ0v) is 20.7. The summed E-state index contributed by atoms with van der Waals surface area (Å²) >= 11 is 0. The molecule has 0 fully saturated rings. The normalized spacial score (nSPS) is 11.0. The molecule has 1 heterocycles. The van der Waals surface area contributed by atoms with Crippen molar-refractivity contribution in [2.45, 2.75) is 13.2 Å². The number of fused-ring (bicyclic) bond motifs is 1. The number of ether oxygens (including phenoxy) is 2. The third kappa shape index (κ3) is 6.47. The molecule has 0 saturated heterocycles. The molecule has 4 aromatic carbocycles. The molecule has 0 unspecified atom stereocenters. The van der Waals surface area contributed by atoms with Crippen molar-refractivity contribution in [1.82, 2.24) is 0 Å². The molecule has 1 N–H and O–H groups in total. The Morgan fingerprint density at radius 1 is 0.846 bits per heavy atom. The molecule has 0 atom stereocenters. The van der Waals surface area contributed by atoms with Crippen LogP contribution in [0, 0.1) is 10.1 Å². The predicted octanol–water partition coefficient (Wildman–Crippen LogP) is 6.31. The van der Waals surface area contributed by atoms with Gasteiger partial charge in [0.1, 0.15) is 30.3 Å². The van der Waals surface area contributed by atoms with Gasteiger partial charge in [-0.15, -0.1) is 0 Å². The Bertz CT molecular complexity index is 1670. The number of rotatable bonds is 10. The number of hydrazone groups is 1. The topological polar surface area (TPSA) is 116 Å². The van der Waals surface area contributed by atoms with Gasteiger partial charge in [-0.2, -0.15) is 5.10 Å². The second-order valence-electron chi connectivity index (χ2n) is 8.54. The van der Waals surface area contributed by atoms with E-state index >= 15 is 0 Å². The maximum atomic E-state index is 12.4. The van der Waals surface area contributed by atoms with E-state index in [1.54, 1.807) is 12.1 Å². The van der Waals surface area contributed by atoms with Gasteiger partial charge < -0.3 is 13.9 Å². The minimum absolute atomic E-state index is 0.0262. The number of nitro groups is 1. The van der Waals surface area contributed by atoms with Crippen LogP contribution < -0.4 is 20.5 Å². The van der Waals surface area contributed by atoms with Gasteiger partial charge in [0.2, 0.25) is 0 Å². The van der Waals surface area contributed by atoms with Crippen LogP contribution in [0.3, 0.4) is 0 Å². The Hall–Kier alpha value is -5.44. The lowest BCUT2D eigenvalue weighted by Crippen LogP contribution is -2.04. The summed E-state index contributed by atoms with van der Waals surface area (Å²) in [6, 6.07) is 30.0. The van der Waals surface area contributed by atoms with Gasteiger partial charge in [-0.05, 0) is 23.3 Å². The van der Waals surface area contributed by atoms with Crippen molar-refractivity contribution < 1.29 is 18.8 Å². The van der Waals surface area contributed by atoms with Crippen molar-refractivity contribution in [3.05, 3.63) is 140 Å². The summed E-state index contributed by atoms with van der Waals surface area (Å²) in [6.07, 6.45) is 1.47. The third-order valence-corrected chi connectivity index (χ3v) is 5.77. The minimum atomic E-state index is -0.562. The van der Waals surface area contributed by atoms with Crippen molar-refractivity contribution in [3.63, 3.8) is 0 Å². The van der Waals surface area contributed by atoms with Crippen molar-refractivity contribution in [3.8, 4) is 11.5 Å². The van der Waals surface area contributed by atoms with Crippen LogP contribution in [-0.4, -0.2) is 11.1 Å². The van der Waals surface area contributed by atoms with E-state index in [4.69, 9.17) is 13.9 Å². The smallest absolute Gasteiger partial charge is 0.336 e. The van der Waals surface area contributed by atoms with Crippen LogP contribution in [0.1, 0.15) is 16.7 Å². The lowest BCUT2D eigenvalue weighted by molar-refractivity contribution is -0.384. The Labute approximate surface area is 223 Å². The second-order valence-corrected chi connectivity index (χ2v) is 8.54. The first-order valence-corrected chi connectivity index (χ1v) is 12.0. The Morgan fingerprint density at radius 3 is 2.13 bits per heavy atom. The van der Waals surface area contributed by atoms with Crippen LogP contribution in [0.4, 0.5) is 11.4 Å². The van der Waals surface area contributed by atoms with Crippen LogP contribution in [0.2, 0.25) is 0 Å². The number of hydrogen-bond acceptors (Lipinski definition) is 8. The zero-order chi connectivity index (χ0) is 27.0. The van der Waals surface area contributed by atoms with E-state index in [9.17, 15) is 14.9 Å². The predicted molar refractivity (Wildman–Crippen MR) is 148 cm³/mol. The number of benzene rings is 4. The largest absolute Gasteiger partial charge is 0.489 e. The van der Waals surface area contributed by atoms with Gasteiger partial charge in [0, 0.05) is 35.9 Å².